The molecule has 2 saturated heterocycles. The molecule has 2 fully saturated rings. The molecular weight excluding hydrogens is 632 g/mol. The van der Waals surface area contributed by atoms with Gasteiger partial charge in [-0.1, -0.05) is 0 Å². The number of nitrogens with two attached hydrogens (primary N) is 2. The van der Waals surface area contributed by atoms with Crippen molar-refractivity contribution in [3.63, 3.8) is 0 Å². The Kier molecular flexibility index (Phi) is 9.74. The largest absolute Gasteiger partial charge is 0.387 e. The molecule has 18 heteroatoms. The average molecular weight is 677 g/mol. The molecule has 4 aromatic heterocycles. The van der Waals surface area contributed by atoms with Crippen molar-refractivity contribution in [3.05, 3.63) is 45.2 Å². The number of nitrogens with one attached hydrogen (secondary N) is 2. The van der Waals surface area contributed by atoms with Gasteiger partial charge in [-0.05, 0) is 53.7 Å². The summed E-state index contributed by atoms with van der Waals surface area (Å²) in [6, 6.07) is 3.12. The van der Waals surface area contributed by atoms with Gasteiger partial charge in [0, 0.05) is 12.4 Å². The van der Waals surface area contributed by atoms with Gasteiger partial charge in [-0.2, -0.15) is 9.97 Å². The molecule has 2 aliphatic rings. The predicted molar refractivity (Wildman–Crippen MR) is 173 cm³/mol. The zero-order valence-electron chi connectivity index (χ0n) is 27.5. The fourth-order valence-corrected chi connectivity index (χ4v) is 5.83. The highest BCUT2D eigenvalue weighted by Gasteiger charge is 2.54. The third-order valence-electron chi connectivity index (χ3n) is 8.40. The lowest BCUT2D eigenvalue weighted by molar-refractivity contribution is -0.0975. The van der Waals surface area contributed by atoms with Crippen molar-refractivity contribution in [2.75, 3.05) is 24.7 Å². The van der Waals surface area contributed by atoms with Crippen LogP contribution in [0.3, 0.4) is 0 Å². The maximum Gasteiger partial charge on any atom is 0.261 e. The number of aliphatic hydroxyl groups is 4. The number of aliphatic hydroxyl groups excluding tert-OH is 2. The van der Waals surface area contributed by atoms with Crippen LogP contribution in [0.4, 0.5) is 11.9 Å². The second kappa shape index (κ2) is 13.2. The molecular formula is C30H44N8O10. The van der Waals surface area contributed by atoms with Gasteiger partial charge in [-0.3, -0.25) is 19.6 Å². The maximum absolute atomic E-state index is 11.9. The Balaban J connectivity index is 0.000000188. The van der Waals surface area contributed by atoms with Gasteiger partial charge in [0.15, 0.2) is 23.8 Å². The molecule has 0 saturated carbocycles. The molecule has 264 valence electrons. The number of aromatic nitrogens is 6. The second-order valence-electron chi connectivity index (χ2n) is 13.0. The topological polar surface area (TPSA) is 271 Å². The molecule has 18 nitrogen and oxygen atoms in total. The number of nitrogens with zero attached hydrogens (tertiary/aromatic N) is 4. The SMILES string of the molecule is CC(C)OC[C@H]1O[C@@H](n2ccc3c(=O)[nH]c(N)nc32)[C@](C)(O)[C@@H]1O.CC(C)OC[C@H]1O[C@@H](n2ccc3c(=O)[nH]c(N)nc32)[C@](C)(O)[C@@H]1O. The highest BCUT2D eigenvalue weighted by molar-refractivity contribution is 5.76. The van der Waals surface area contributed by atoms with E-state index in [2.05, 4.69) is 19.9 Å². The van der Waals surface area contributed by atoms with Crippen LogP contribution in [-0.4, -0.2) is 111 Å². The van der Waals surface area contributed by atoms with Gasteiger partial charge in [-0.25, -0.2) is 0 Å². The molecule has 0 radical (unpaired) electrons. The smallest absolute Gasteiger partial charge is 0.261 e. The minimum atomic E-state index is -1.59. The van der Waals surface area contributed by atoms with Crippen molar-refractivity contribution in [2.24, 2.45) is 0 Å². The van der Waals surface area contributed by atoms with E-state index in [4.69, 9.17) is 30.4 Å². The zero-order chi connectivity index (χ0) is 35.3. The Morgan fingerprint density at radius 3 is 1.48 bits per heavy atom. The summed E-state index contributed by atoms with van der Waals surface area (Å²) < 4.78 is 25.6. The third-order valence-corrected chi connectivity index (χ3v) is 8.40. The fraction of sp³-hybridized carbons (Fsp3) is 0.600. The number of rotatable bonds is 8. The molecule has 0 spiro atoms. The molecule has 6 rings (SSSR count). The summed E-state index contributed by atoms with van der Waals surface area (Å²) in [5.41, 5.74) is 7.82. The Morgan fingerprint density at radius 2 is 1.15 bits per heavy atom. The van der Waals surface area contributed by atoms with Gasteiger partial charge in [0.2, 0.25) is 11.9 Å². The first-order chi connectivity index (χ1) is 22.4. The van der Waals surface area contributed by atoms with Crippen LogP contribution in [0.5, 0.6) is 0 Å². The number of hydrogen-bond acceptors (Lipinski definition) is 14. The highest BCUT2D eigenvalue weighted by Crippen LogP contribution is 2.41. The lowest BCUT2D eigenvalue weighted by Crippen LogP contribution is -2.44. The van der Waals surface area contributed by atoms with Crippen LogP contribution in [0, 0.1) is 0 Å². The summed E-state index contributed by atoms with van der Waals surface area (Å²) in [7, 11) is 0. The quantitative estimate of drug-likeness (QED) is 0.117. The van der Waals surface area contributed by atoms with Crippen LogP contribution >= 0.6 is 0 Å². The Bertz CT molecular complexity index is 1730. The van der Waals surface area contributed by atoms with Gasteiger partial charge in [0.25, 0.3) is 11.1 Å². The number of ether oxygens (including phenoxy) is 4. The second-order valence-corrected chi connectivity index (χ2v) is 13.0. The summed E-state index contributed by atoms with van der Waals surface area (Å²) in [5.74, 6) is -0.0735. The number of hydrogen-bond donors (Lipinski definition) is 8. The summed E-state index contributed by atoms with van der Waals surface area (Å²) >= 11 is 0. The minimum absolute atomic E-state index is 0.0303. The van der Waals surface area contributed by atoms with Gasteiger partial charge >= 0.3 is 0 Å². The molecule has 0 bridgehead atoms. The van der Waals surface area contributed by atoms with Crippen molar-refractivity contribution in [1.29, 1.82) is 0 Å². The summed E-state index contributed by atoms with van der Waals surface area (Å²) in [6.45, 7) is 10.7. The number of aromatic amines is 2. The van der Waals surface area contributed by atoms with E-state index in [1.807, 2.05) is 27.7 Å². The molecule has 0 amide bonds. The van der Waals surface area contributed by atoms with E-state index < -0.39 is 48.1 Å². The molecule has 2 aliphatic heterocycles. The van der Waals surface area contributed by atoms with E-state index in [1.54, 1.807) is 24.5 Å². The number of anilines is 2. The van der Waals surface area contributed by atoms with Crippen molar-refractivity contribution in [2.45, 2.75) is 102 Å². The molecule has 8 atom stereocenters. The van der Waals surface area contributed by atoms with Crippen molar-refractivity contribution in [1.82, 2.24) is 29.1 Å². The predicted octanol–water partition coefficient (Wildman–Crippen LogP) is -0.518. The first-order valence-corrected chi connectivity index (χ1v) is 15.5. The normalized spacial score (nSPS) is 30.5. The van der Waals surface area contributed by atoms with Crippen LogP contribution in [0.15, 0.2) is 34.1 Å². The van der Waals surface area contributed by atoms with Crippen LogP contribution in [0.25, 0.3) is 22.1 Å². The number of H-pyrrole nitrogens is 2. The summed E-state index contributed by atoms with van der Waals surface area (Å²) in [5, 5.41) is 42.9. The monoisotopic (exact) mass is 676 g/mol. The minimum Gasteiger partial charge on any atom is -0.387 e. The first kappa shape index (κ1) is 35.4. The van der Waals surface area contributed by atoms with Crippen LogP contribution < -0.4 is 22.6 Å². The summed E-state index contributed by atoms with van der Waals surface area (Å²) in [6.07, 6.45) is -2.49. The lowest BCUT2D eigenvalue weighted by atomic mass is 9.96. The number of fused-ring (bicyclic) bond motifs is 2. The number of nitrogen functional groups attached to an aromatic ring is 2. The Labute approximate surface area is 274 Å². The average Bonchev–Trinajstić information content (AvgIpc) is 3.71. The molecule has 4 aromatic rings. The van der Waals surface area contributed by atoms with E-state index in [1.165, 1.54) is 23.0 Å². The van der Waals surface area contributed by atoms with Gasteiger partial charge in [-0.15, -0.1) is 0 Å². The van der Waals surface area contributed by atoms with Gasteiger partial charge in [0.05, 0.1) is 36.2 Å². The van der Waals surface area contributed by atoms with Crippen molar-refractivity contribution in [3.8, 4) is 0 Å². The molecule has 48 heavy (non-hydrogen) atoms. The van der Waals surface area contributed by atoms with Gasteiger partial charge in [0.1, 0.15) is 35.6 Å². The van der Waals surface area contributed by atoms with E-state index in [9.17, 15) is 30.0 Å². The standard InChI is InChI=1S/2C15H22N4O5/c2*1-7(2)23-6-9-10(20)15(3,22)13(24-9)19-5-4-8-11(19)17-14(16)18-12(8)21/h2*4-5,7,9-10,13,20,22H,6H2,1-3H3,(H3,16,17,18,21)/t2*9-,10-,13-,15-/m11/s1. The van der Waals surface area contributed by atoms with E-state index in [0.29, 0.717) is 10.8 Å². The molecule has 0 aromatic carbocycles. The molecule has 0 aliphatic carbocycles. The zero-order valence-corrected chi connectivity index (χ0v) is 27.5. The van der Waals surface area contributed by atoms with E-state index in [-0.39, 0.29) is 59.7 Å². The third kappa shape index (κ3) is 6.57. The Morgan fingerprint density at radius 1 is 0.792 bits per heavy atom. The van der Waals surface area contributed by atoms with E-state index in [0.717, 1.165) is 0 Å². The molecule has 10 N–H and O–H groups in total. The van der Waals surface area contributed by atoms with Crippen molar-refractivity contribution < 1.29 is 39.4 Å². The molecule has 0 unspecified atom stereocenters. The Hall–Kier alpha value is -3.88. The molecule has 6 heterocycles. The van der Waals surface area contributed by atoms with E-state index >= 15 is 0 Å². The first-order valence-electron chi connectivity index (χ1n) is 15.5. The van der Waals surface area contributed by atoms with Crippen LogP contribution in [0.1, 0.15) is 54.0 Å². The fourth-order valence-electron chi connectivity index (χ4n) is 5.83. The van der Waals surface area contributed by atoms with Crippen LogP contribution in [0.2, 0.25) is 0 Å². The highest BCUT2D eigenvalue weighted by atomic mass is 16.6. The summed E-state index contributed by atoms with van der Waals surface area (Å²) in [4.78, 5) is 36.9. The maximum atomic E-state index is 11.9. The van der Waals surface area contributed by atoms with Crippen molar-refractivity contribution >= 4 is 34.0 Å². The lowest BCUT2D eigenvalue weighted by Gasteiger charge is -2.27. The van der Waals surface area contributed by atoms with Crippen LogP contribution in [-0.2, 0) is 18.9 Å². The van der Waals surface area contributed by atoms with Gasteiger partial charge < -0.3 is 60.0 Å².